The van der Waals surface area contributed by atoms with E-state index in [9.17, 15) is 0 Å². The molecule has 0 heterocycles. The number of benzene rings is 2. The van der Waals surface area contributed by atoms with E-state index in [1.54, 1.807) is 0 Å². The van der Waals surface area contributed by atoms with E-state index in [2.05, 4.69) is 82.4 Å². The van der Waals surface area contributed by atoms with E-state index in [0.29, 0.717) is 22.8 Å². The van der Waals surface area contributed by atoms with Gasteiger partial charge in [-0.05, 0) is 39.6 Å². The number of hydrogen-bond donors (Lipinski definition) is 1. The highest BCUT2D eigenvalue weighted by Crippen LogP contribution is 2.72. The van der Waals surface area contributed by atoms with Crippen molar-refractivity contribution in [1.29, 1.82) is 0 Å². The molecule has 1 aliphatic carbocycles. The molecule has 0 bridgehead atoms. The van der Waals surface area contributed by atoms with E-state index < -0.39 is 0 Å². The Balaban J connectivity index is 2.10. The Morgan fingerprint density at radius 2 is 1.57 bits per heavy atom. The van der Waals surface area contributed by atoms with Crippen LogP contribution in [-0.2, 0) is 0 Å². The van der Waals surface area contributed by atoms with Crippen molar-refractivity contribution in [2.45, 2.75) is 40.7 Å². The maximum Gasteiger partial charge on any atom is 0.0365 e. The molecule has 1 N–H and O–H groups in total. The van der Waals surface area contributed by atoms with Crippen molar-refractivity contribution in [1.82, 2.24) is 5.32 Å². The Morgan fingerprint density at radius 1 is 0.952 bits per heavy atom. The Morgan fingerprint density at radius 3 is 2.19 bits per heavy atom. The lowest BCUT2D eigenvalue weighted by atomic mass is 9.92. The zero-order valence-corrected chi connectivity index (χ0v) is 13.9. The quantitative estimate of drug-likeness (QED) is 0.815. The summed E-state index contributed by atoms with van der Waals surface area (Å²) in [5.74, 6) is 0.677. The van der Waals surface area contributed by atoms with Crippen LogP contribution in [0, 0.1) is 16.7 Å². The van der Waals surface area contributed by atoms with Gasteiger partial charge in [-0.3, -0.25) is 0 Å². The van der Waals surface area contributed by atoms with Crippen molar-refractivity contribution < 1.29 is 0 Å². The maximum absolute atomic E-state index is 3.76. The van der Waals surface area contributed by atoms with Crippen molar-refractivity contribution >= 4 is 10.8 Å². The van der Waals surface area contributed by atoms with E-state index in [4.69, 9.17) is 0 Å². The van der Waals surface area contributed by atoms with Crippen LogP contribution in [0.15, 0.2) is 42.5 Å². The van der Waals surface area contributed by atoms with Crippen molar-refractivity contribution in [3.63, 3.8) is 0 Å². The molecule has 1 unspecified atom stereocenters. The lowest BCUT2D eigenvalue weighted by Gasteiger charge is -2.22. The fourth-order valence-corrected chi connectivity index (χ4v) is 4.23. The van der Waals surface area contributed by atoms with Crippen LogP contribution in [0.1, 0.15) is 46.2 Å². The van der Waals surface area contributed by atoms with Crippen molar-refractivity contribution in [3.8, 4) is 0 Å². The van der Waals surface area contributed by atoms with Crippen LogP contribution in [0.4, 0.5) is 0 Å². The Labute approximate surface area is 128 Å². The van der Waals surface area contributed by atoms with E-state index in [-0.39, 0.29) is 0 Å². The summed E-state index contributed by atoms with van der Waals surface area (Å²) in [5.41, 5.74) is 2.23. The van der Waals surface area contributed by atoms with Crippen LogP contribution < -0.4 is 5.32 Å². The third-order valence-corrected chi connectivity index (χ3v) is 6.05. The molecule has 0 spiro atoms. The molecule has 0 saturated heterocycles. The second kappa shape index (κ2) is 4.84. The fourth-order valence-electron chi connectivity index (χ4n) is 4.23. The van der Waals surface area contributed by atoms with Crippen molar-refractivity contribution in [3.05, 3.63) is 48.0 Å². The Kier molecular flexibility index (Phi) is 3.37. The van der Waals surface area contributed by atoms with Gasteiger partial charge in [-0.1, -0.05) is 77.1 Å². The third kappa shape index (κ3) is 2.10. The van der Waals surface area contributed by atoms with Gasteiger partial charge in [0.15, 0.2) is 0 Å². The smallest absolute Gasteiger partial charge is 0.0365 e. The SMILES string of the molecule is CCNC(c1cccc2ccccc12)C1C(C)(C)C1(C)C. The van der Waals surface area contributed by atoms with Gasteiger partial charge in [0.25, 0.3) is 0 Å². The molecule has 1 heteroatoms. The molecule has 0 amide bonds. The average molecular weight is 281 g/mol. The molecule has 0 radical (unpaired) electrons. The first kappa shape index (κ1) is 14.6. The van der Waals surface area contributed by atoms with Gasteiger partial charge in [-0.2, -0.15) is 0 Å². The summed E-state index contributed by atoms with van der Waals surface area (Å²) in [6, 6.07) is 15.9. The first-order valence-corrected chi connectivity index (χ1v) is 8.12. The van der Waals surface area contributed by atoms with Gasteiger partial charge in [0, 0.05) is 6.04 Å². The summed E-state index contributed by atoms with van der Waals surface area (Å²) in [6.07, 6.45) is 0. The van der Waals surface area contributed by atoms with Gasteiger partial charge in [0.05, 0.1) is 0 Å². The van der Waals surface area contributed by atoms with Crippen LogP contribution in [0.25, 0.3) is 10.8 Å². The van der Waals surface area contributed by atoms with E-state index in [1.807, 2.05) is 0 Å². The van der Waals surface area contributed by atoms with Gasteiger partial charge in [0.1, 0.15) is 0 Å². The molecule has 0 aromatic heterocycles. The third-order valence-electron chi connectivity index (χ3n) is 6.05. The molecule has 112 valence electrons. The van der Waals surface area contributed by atoms with Crippen LogP contribution in [0.2, 0.25) is 0 Å². The van der Waals surface area contributed by atoms with E-state index in [1.165, 1.54) is 16.3 Å². The normalized spacial score (nSPS) is 21.4. The summed E-state index contributed by atoms with van der Waals surface area (Å²) in [5, 5.41) is 6.50. The van der Waals surface area contributed by atoms with E-state index >= 15 is 0 Å². The molecule has 1 saturated carbocycles. The van der Waals surface area contributed by atoms with Crippen LogP contribution in [0.3, 0.4) is 0 Å². The van der Waals surface area contributed by atoms with Gasteiger partial charge < -0.3 is 5.32 Å². The zero-order chi connectivity index (χ0) is 15.3. The molecule has 3 rings (SSSR count). The predicted octanol–water partition coefficient (Wildman–Crippen LogP) is 5.17. The van der Waals surface area contributed by atoms with Crippen LogP contribution in [0.5, 0.6) is 0 Å². The average Bonchev–Trinajstić information content (AvgIpc) is 2.86. The summed E-state index contributed by atoms with van der Waals surface area (Å²) in [4.78, 5) is 0. The molecule has 0 aliphatic heterocycles. The zero-order valence-electron chi connectivity index (χ0n) is 13.9. The van der Waals surface area contributed by atoms with Gasteiger partial charge >= 0.3 is 0 Å². The highest BCUT2D eigenvalue weighted by Gasteiger charge is 2.67. The Bertz CT molecular complexity index is 634. The monoisotopic (exact) mass is 281 g/mol. The fraction of sp³-hybridized carbons (Fsp3) is 0.500. The summed E-state index contributed by atoms with van der Waals surface area (Å²) >= 11 is 0. The number of nitrogens with one attached hydrogen (secondary N) is 1. The first-order chi connectivity index (χ1) is 9.91. The predicted molar refractivity (Wildman–Crippen MR) is 91.4 cm³/mol. The summed E-state index contributed by atoms with van der Waals surface area (Å²) in [7, 11) is 0. The number of rotatable bonds is 4. The van der Waals surface area contributed by atoms with Crippen molar-refractivity contribution in [2.24, 2.45) is 16.7 Å². The number of hydrogen-bond acceptors (Lipinski definition) is 1. The molecular formula is C20H27N. The van der Waals surface area contributed by atoms with Crippen molar-refractivity contribution in [2.75, 3.05) is 6.54 Å². The molecule has 1 fully saturated rings. The minimum atomic E-state index is 0.386. The molecular weight excluding hydrogens is 254 g/mol. The topological polar surface area (TPSA) is 12.0 Å². The maximum atomic E-state index is 3.76. The Hall–Kier alpha value is -1.34. The second-order valence-electron chi connectivity index (χ2n) is 7.52. The standard InChI is InChI=1S/C20H27N/c1-6-21-17(18-19(2,3)20(18,4)5)16-13-9-11-14-10-7-8-12-15(14)16/h7-13,17-18,21H,6H2,1-5H3. The number of fused-ring (bicyclic) bond motifs is 1. The largest absolute Gasteiger partial charge is 0.310 e. The van der Waals surface area contributed by atoms with Gasteiger partial charge in [-0.15, -0.1) is 0 Å². The highest BCUT2D eigenvalue weighted by atomic mass is 15.0. The highest BCUT2D eigenvalue weighted by molar-refractivity contribution is 5.86. The minimum Gasteiger partial charge on any atom is -0.310 e. The lowest BCUT2D eigenvalue weighted by Crippen LogP contribution is -2.25. The molecule has 1 aliphatic rings. The first-order valence-electron chi connectivity index (χ1n) is 8.12. The van der Waals surface area contributed by atoms with Gasteiger partial charge in [0.2, 0.25) is 0 Å². The minimum absolute atomic E-state index is 0.386. The molecule has 1 atom stereocenters. The summed E-state index contributed by atoms with van der Waals surface area (Å²) in [6.45, 7) is 12.9. The second-order valence-corrected chi connectivity index (χ2v) is 7.52. The molecule has 2 aromatic rings. The van der Waals surface area contributed by atoms with E-state index in [0.717, 1.165) is 6.54 Å². The van der Waals surface area contributed by atoms with Gasteiger partial charge in [-0.25, -0.2) is 0 Å². The van der Waals surface area contributed by atoms with Crippen LogP contribution >= 0.6 is 0 Å². The van der Waals surface area contributed by atoms with Crippen LogP contribution in [-0.4, -0.2) is 6.54 Å². The summed E-state index contributed by atoms with van der Waals surface area (Å²) < 4.78 is 0. The molecule has 1 nitrogen and oxygen atoms in total. The molecule has 2 aromatic carbocycles. The molecule has 21 heavy (non-hydrogen) atoms. The lowest BCUT2D eigenvalue weighted by molar-refractivity contribution is 0.420.